The lowest BCUT2D eigenvalue weighted by atomic mass is 10.1. The number of rotatable bonds is 5. The Morgan fingerprint density at radius 3 is 2.92 bits per heavy atom. The summed E-state index contributed by atoms with van der Waals surface area (Å²) in [5.41, 5.74) is 7.17. The Hall–Kier alpha value is -1.70. The van der Waals surface area contributed by atoms with Crippen molar-refractivity contribution in [1.82, 2.24) is 4.90 Å². The van der Waals surface area contributed by atoms with Gasteiger partial charge < -0.3 is 11.1 Å². The van der Waals surface area contributed by atoms with Crippen LogP contribution in [0.4, 0.5) is 5.00 Å². The van der Waals surface area contributed by atoms with Crippen LogP contribution < -0.4 is 11.1 Å². The molecule has 0 aromatic carbocycles. The summed E-state index contributed by atoms with van der Waals surface area (Å²) in [6, 6.07) is 4.27. The Balaban J connectivity index is 1.53. The van der Waals surface area contributed by atoms with Gasteiger partial charge in [-0.2, -0.15) is 0 Å². The highest BCUT2D eigenvalue weighted by Crippen LogP contribution is 2.40. The number of aryl methyl sites for hydroxylation is 1. The summed E-state index contributed by atoms with van der Waals surface area (Å²) in [5.74, 6) is -0.499. The zero-order valence-electron chi connectivity index (χ0n) is 14.8. The molecule has 2 aliphatic rings. The molecule has 2 aromatic rings. The number of hydrogen-bond donors (Lipinski definition) is 2. The lowest BCUT2D eigenvalue weighted by Crippen LogP contribution is -2.41. The monoisotopic (exact) mass is 389 g/mol. The van der Waals surface area contributed by atoms with Gasteiger partial charge in [-0.3, -0.25) is 14.5 Å². The van der Waals surface area contributed by atoms with Gasteiger partial charge in [-0.1, -0.05) is 6.07 Å². The number of carbonyl (C=O) groups is 2. The maximum atomic E-state index is 12.9. The van der Waals surface area contributed by atoms with E-state index in [0.29, 0.717) is 16.6 Å². The molecule has 1 aliphatic heterocycles. The molecule has 0 saturated carbocycles. The van der Waals surface area contributed by atoms with Crippen molar-refractivity contribution >= 4 is 39.5 Å². The van der Waals surface area contributed by atoms with Crippen molar-refractivity contribution in [2.24, 2.45) is 5.73 Å². The fraction of sp³-hybridized carbons (Fsp3) is 0.474. The van der Waals surface area contributed by atoms with Crippen LogP contribution in [0.1, 0.15) is 57.9 Å². The molecule has 2 unspecified atom stereocenters. The molecule has 2 amide bonds. The first-order chi connectivity index (χ1) is 12.6. The summed E-state index contributed by atoms with van der Waals surface area (Å²) >= 11 is 3.26. The Morgan fingerprint density at radius 2 is 2.19 bits per heavy atom. The number of primary amides is 1. The number of fused-ring (bicyclic) bond motifs is 1. The molecular formula is C19H23N3O2S2. The Labute approximate surface area is 161 Å². The average Bonchev–Trinajstić information content (AvgIpc) is 3.35. The molecular weight excluding hydrogens is 366 g/mol. The van der Waals surface area contributed by atoms with E-state index in [0.717, 1.165) is 44.2 Å². The van der Waals surface area contributed by atoms with E-state index in [1.807, 2.05) is 6.92 Å². The first kappa shape index (κ1) is 17.7. The van der Waals surface area contributed by atoms with E-state index < -0.39 is 5.91 Å². The molecule has 2 aromatic heterocycles. The van der Waals surface area contributed by atoms with Crippen LogP contribution in [0.25, 0.3) is 0 Å². The molecule has 3 heterocycles. The van der Waals surface area contributed by atoms with Gasteiger partial charge >= 0.3 is 0 Å². The van der Waals surface area contributed by atoms with Gasteiger partial charge in [-0.15, -0.1) is 22.7 Å². The van der Waals surface area contributed by atoms with Gasteiger partial charge in [0.25, 0.3) is 5.91 Å². The van der Waals surface area contributed by atoms with Gasteiger partial charge in [-0.25, -0.2) is 0 Å². The maximum Gasteiger partial charge on any atom is 0.251 e. The predicted octanol–water partition coefficient (Wildman–Crippen LogP) is 3.56. The summed E-state index contributed by atoms with van der Waals surface area (Å²) in [6.07, 6.45) is 5.08. The quantitative estimate of drug-likeness (QED) is 0.821. The van der Waals surface area contributed by atoms with E-state index in [2.05, 4.69) is 27.7 Å². The smallest absolute Gasteiger partial charge is 0.251 e. The van der Waals surface area contributed by atoms with Crippen molar-refractivity contribution < 1.29 is 9.59 Å². The number of hydrogen-bond acceptors (Lipinski definition) is 5. The van der Waals surface area contributed by atoms with Crippen molar-refractivity contribution in [2.75, 3.05) is 11.9 Å². The number of anilines is 1. The van der Waals surface area contributed by atoms with Gasteiger partial charge in [0.05, 0.1) is 11.6 Å². The van der Waals surface area contributed by atoms with Gasteiger partial charge in [-0.05, 0) is 62.6 Å². The average molecular weight is 390 g/mol. The topological polar surface area (TPSA) is 75.4 Å². The van der Waals surface area contributed by atoms with Gasteiger partial charge in [0.15, 0.2) is 0 Å². The largest absolute Gasteiger partial charge is 0.365 e. The van der Waals surface area contributed by atoms with Crippen LogP contribution in [0, 0.1) is 0 Å². The lowest BCUT2D eigenvalue weighted by molar-refractivity contribution is -0.121. The molecule has 7 heteroatoms. The van der Waals surface area contributed by atoms with Crippen molar-refractivity contribution in [3.8, 4) is 0 Å². The molecule has 0 radical (unpaired) electrons. The normalized spacial score (nSPS) is 20.9. The number of carbonyl (C=O) groups excluding carboxylic acids is 2. The minimum atomic E-state index is -0.440. The van der Waals surface area contributed by atoms with Crippen molar-refractivity contribution in [2.45, 2.75) is 51.1 Å². The van der Waals surface area contributed by atoms with Crippen LogP contribution in [0.5, 0.6) is 0 Å². The summed E-state index contributed by atoms with van der Waals surface area (Å²) < 4.78 is 0. The second-order valence-corrected chi connectivity index (χ2v) is 9.09. The van der Waals surface area contributed by atoms with Gasteiger partial charge in [0, 0.05) is 15.8 Å². The lowest BCUT2D eigenvalue weighted by Gasteiger charge is -2.29. The molecule has 1 fully saturated rings. The SMILES string of the molecule is CC(C(=O)Nc1sc2c(c1C(N)=O)CCC2)N1CCCC1c1cccs1. The molecule has 4 rings (SSSR count). The first-order valence-corrected chi connectivity index (χ1v) is 10.8. The predicted molar refractivity (Wildman–Crippen MR) is 106 cm³/mol. The summed E-state index contributed by atoms with van der Waals surface area (Å²) in [4.78, 5) is 29.6. The van der Waals surface area contributed by atoms with Gasteiger partial charge in [0.1, 0.15) is 5.00 Å². The second kappa shape index (κ2) is 7.13. The van der Waals surface area contributed by atoms with E-state index in [4.69, 9.17) is 5.73 Å². The molecule has 3 N–H and O–H groups in total. The third-order valence-corrected chi connectivity index (χ3v) is 7.63. The highest BCUT2D eigenvalue weighted by molar-refractivity contribution is 7.17. The van der Waals surface area contributed by atoms with E-state index in [1.165, 1.54) is 21.1 Å². The molecule has 0 bridgehead atoms. The fourth-order valence-electron chi connectivity index (χ4n) is 4.16. The minimum Gasteiger partial charge on any atom is -0.365 e. The Morgan fingerprint density at radius 1 is 1.35 bits per heavy atom. The van der Waals surface area contributed by atoms with Crippen LogP contribution >= 0.6 is 22.7 Å². The molecule has 1 saturated heterocycles. The fourth-order valence-corrected chi connectivity index (χ4v) is 6.34. The molecule has 5 nitrogen and oxygen atoms in total. The molecule has 1 aliphatic carbocycles. The number of nitrogens with two attached hydrogens (primary N) is 1. The maximum absolute atomic E-state index is 12.9. The van der Waals surface area contributed by atoms with Crippen molar-refractivity contribution in [3.05, 3.63) is 38.4 Å². The zero-order chi connectivity index (χ0) is 18.3. The Kier molecular flexibility index (Phi) is 4.86. The zero-order valence-corrected chi connectivity index (χ0v) is 16.4. The molecule has 2 atom stereocenters. The second-order valence-electron chi connectivity index (χ2n) is 7.00. The third kappa shape index (κ3) is 3.08. The van der Waals surface area contributed by atoms with Crippen LogP contribution in [-0.4, -0.2) is 29.3 Å². The summed E-state index contributed by atoms with van der Waals surface area (Å²) in [6.45, 7) is 2.87. The Bertz CT molecular complexity index is 828. The van der Waals surface area contributed by atoms with E-state index in [9.17, 15) is 9.59 Å². The molecule has 26 heavy (non-hydrogen) atoms. The van der Waals surface area contributed by atoms with Crippen LogP contribution in [0.3, 0.4) is 0 Å². The first-order valence-electron chi connectivity index (χ1n) is 9.10. The number of nitrogens with zero attached hydrogens (tertiary/aromatic N) is 1. The molecule has 138 valence electrons. The standard InChI is InChI=1S/C19H23N3O2S2/c1-11(22-9-3-6-13(22)15-8-4-10-25-15)18(24)21-19-16(17(20)23)12-5-2-7-14(12)26-19/h4,8,10-11,13H,2-3,5-7,9H2,1H3,(H2,20,23)(H,21,24). The summed E-state index contributed by atoms with van der Waals surface area (Å²) in [5, 5.41) is 5.72. The minimum absolute atomic E-state index is 0.0594. The highest BCUT2D eigenvalue weighted by atomic mass is 32.1. The van der Waals surface area contributed by atoms with E-state index >= 15 is 0 Å². The third-order valence-electron chi connectivity index (χ3n) is 5.45. The van der Waals surface area contributed by atoms with Crippen LogP contribution in [0.2, 0.25) is 0 Å². The summed E-state index contributed by atoms with van der Waals surface area (Å²) in [7, 11) is 0. The van der Waals surface area contributed by atoms with Crippen LogP contribution in [0.15, 0.2) is 17.5 Å². The van der Waals surface area contributed by atoms with E-state index in [-0.39, 0.29) is 11.9 Å². The van der Waals surface area contributed by atoms with Crippen molar-refractivity contribution in [1.29, 1.82) is 0 Å². The van der Waals surface area contributed by atoms with Gasteiger partial charge in [0.2, 0.25) is 5.91 Å². The number of amides is 2. The number of likely N-dealkylation sites (tertiary alicyclic amines) is 1. The molecule has 0 spiro atoms. The van der Waals surface area contributed by atoms with Crippen LogP contribution in [-0.2, 0) is 17.6 Å². The number of nitrogens with one attached hydrogen (secondary N) is 1. The number of thiophene rings is 2. The van der Waals surface area contributed by atoms with E-state index in [1.54, 1.807) is 11.3 Å². The highest BCUT2D eigenvalue weighted by Gasteiger charge is 2.34. The van der Waals surface area contributed by atoms with Crippen molar-refractivity contribution in [3.63, 3.8) is 0 Å².